The molecular formula is C15H33N3. The van der Waals surface area contributed by atoms with Gasteiger partial charge in [0.15, 0.2) is 0 Å². The molecule has 1 fully saturated rings. The van der Waals surface area contributed by atoms with Gasteiger partial charge in [0.25, 0.3) is 0 Å². The molecule has 0 saturated heterocycles. The molecular weight excluding hydrogens is 222 g/mol. The van der Waals surface area contributed by atoms with E-state index in [9.17, 15) is 0 Å². The van der Waals surface area contributed by atoms with Crippen molar-refractivity contribution in [2.24, 2.45) is 17.6 Å². The quantitative estimate of drug-likeness (QED) is 0.372. The predicted octanol–water partition coefficient (Wildman–Crippen LogP) is 2.47. The average molecular weight is 255 g/mol. The Morgan fingerprint density at radius 3 is 2.50 bits per heavy atom. The van der Waals surface area contributed by atoms with Crippen LogP contribution in [0.4, 0.5) is 0 Å². The molecule has 0 heterocycles. The fourth-order valence-corrected chi connectivity index (χ4v) is 2.93. The summed E-state index contributed by atoms with van der Waals surface area (Å²) in [4.78, 5) is 0. The molecule has 0 bridgehead atoms. The van der Waals surface area contributed by atoms with E-state index in [1.54, 1.807) is 0 Å². The smallest absolute Gasteiger partial charge is 0.0517 e. The lowest BCUT2D eigenvalue weighted by molar-refractivity contribution is 0.332. The van der Waals surface area contributed by atoms with Gasteiger partial charge < -0.3 is 16.4 Å². The zero-order valence-electron chi connectivity index (χ0n) is 12.5. The highest BCUT2D eigenvalue weighted by atomic mass is 15.0. The van der Waals surface area contributed by atoms with Gasteiger partial charge in [-0.2, -0.15) is 0 Å². The molecule has 1 saturated carbocycles. The summed E-state index contributed by atoms with van der Waals surface area (Å²) < 4.78 is 0. The van der Waals surface area contributed by atoms with Gasteiger partial charge in [0.1, 0.15) is 0 Å². The first-order chi connectivity index (χ1) is 8.59. The molecule has 0 aromatic carbocycles. The van der Waals surface area contributed by atoms with Gasteiger partial charge in [0.05, 0.1) is 6.17 Å². The summed E-state index contributed by atoms with van der Waals surface area (Å²) in [7, 11) is 0. The Morgan fingerprint density at radius 2 is 1.78 bits per heavy atom. The first kappa shape index (κ1) is 15.9. The van der Waals surface area contributed by atoms with Crippen molar-refractivity contribution < 1.29 is 0 Å². The summed E-state index contributed by atoms with van der Waals surface area (Å²) in [5.41, 5.74) is 5.65. The molecule has 0 amide bonds. The van der Waals surface area contributed by atoms with Gasteiger partial charge in [0.2, 0.25) is 0 Å². The fourth-order valence-electron chi connectivity index (χ4n) is 2.93. The van der Waals surface area contributed by atoms with E-state index >= 15 is 0 Å². The summed E-state index contributed by atoms with van der Waals surface area (Å²) in [6.07, 6.45) is 8.37. The number of hydrogen-bond donors (Lipinski definition) is 3. The summed E-state index contributed by atoms with van der Waals surface area (Å²) in [6.45, 7) is 8.87. The molecule has 0 aliphatic heterocycles. The van der Waals surface area contributed by atoms with E-state index in [0.717, 1.165) is 31.3 Å². The molecule has 18 heavy (non-hydrogen) atoms. The Morgan fingerprint density at radius 1 is 1.06 bits per heavy atom. The number of rotatable bonds is 7. The van der Waals surface area contributed by atoms with Gasteiger partial charge in [0, 0.05) is 6.04 Å². The SMILES string of the molecule is CC(N)NCCCN[C@@H](C)C1CCC[C@@H](C)CC1. The van der Waals surface area contributed by atoms with E-state index in [-0.39, 0.29) is 6.17 Å². The Balaban J connectivity index is 2.10. The van der Waals surface area contributed by atoms with E-state index in [2.05, 4.69) is 24.5 Å². The van der Waals surface area contributed by atoms with Crippen molar-refractivity contribution in [3.8, 4) is 0 Å². The largest absolute Gasteiger partial charge is 0.316 e. The molecule has 0 radical (unpaired) electrons. The highest BCUT2D eigenvalue weighted by Gasteiger charge is 2.20. The van der Waals surface area contributed by atoms with E-state index in [1.807, 2.05) is 6.92 Å². The van der Waals surface area contributed by atoms with Crippen molar-refractivity contribution >= 4 is 0 Å². The minimum atomic E-state index is 0.116. The molecule has 4 atom stereocenters. The van der Waals surface area contributed by atoms with Crippen LogP contribution < -0.4 is 16.4 Å². The topological polar surface area (TPSA) is 50.1 Å². The minimum absolute atomic E-state index is 0.116. The van der Waals surface area contributed by atoms with Gasteiger partial charge >= 0.3 is 0 Å². The van der Waals surface area contributed by atoms with Crippen molar-refractivity contribution in [1.82, 2.24) is 10.6 Å². The highest BCUT2D eigenvalue weighted by molar-refractivity contribution is 4.76. The van der Waals surface area contributed by atoms with Crippen molar-refractivity contribution in [2.45, 2.75) is 71.5 Å². The van der Waals surface area contributed by atoms with Crippen LogP contribution in [0.15, 0.2) is 0 Å². The van der Waals surface area contributed by atoms with Gasteiger partial charge in [-0.15, -0.1) is 0 Å². The molecule has 0 aromatic heterocycles. The van der Waals surface area contributed by atoms with Crippen molar-refractivity contribution in [3.05, 3.63) is 0 Å². The van der Waals surface area contributed by atoms with Crippen LogP contribution in [0.3, 0.4) is 0 Å². The number of nitrogens with one attached hydrogen (secondary N) is 2. The third kappa shape index (κ3) is 6.72. The summed E-state index contributed by atoms with van der Waals surface area (Å²) in [5, 5.41) is 6.94. The third-order valence-corrected chi connectivity index (χ3v) is 4.30. The maximum atomic E-state index is 5.65. The average Bonchev–Trinajstić information content (AvgIpc) is 2.53. The molecule has 4 N–H and O–H groups in total. The summed E-state index contributed by atoms with van der Waals surface area (Å²) in [6, 6.07) is 0.672. The first-order valence-corrected chi connectivity index (χ1v) is 7.82. The van der Waals surface area contributed by atoms with Gasteiger partial charge in [-0.05, 0) is 58.0 Å². The van der Waals surface area contributed by atoms with Crippen LogP contribution >= 0.6 is 0 Å². The second kappa shape index (κ2) is 8.89. The lowest BCUT2D eigenvalue weighted by Gasteiger charge is -2.24. The maximum Gasteiger partial charge on any atom is 0.0517 e. The van der Waals surface area contributed by atoms with Gasteiger partial charge in [-0.25, -0.2) is 0 Å². The molecule has 108 valence electrons. The van der Waals surface area contributed by atoms with E-state index in [4.69, 9.17) is 5.73 Å². The van der Waals surface area contributed by atoms with Crippen LogP contribution in [0, 0.1) is 11.8 Å². The fraction of sp³-hybridized carbons (Fsp3) is 1.00. The van der Waals surface area contributed by atoms with E-state index in [1.165, 1.54) is 32.1 Å². The van der Waals surface area contributed by atoms with Gasteiger partial charge in [-0.3, -0.25) is 0 Å². The van der Waals surface area contributed by atoms with Gasteiger partial charge in [-0.1, -0.05) is 26.2 Å². The van der Waals surface area contributed by atoms with Crippen LogP contribution in [0.1, 0.15) is 59.3 Å². The zero-order chi connectivity index (χ0) is 13.4. The molecule has 1 aliphatic rings. The second-order valence-corrected chi connectivity index (χ2v) is 6.21. The lowest BCUT2D eigenvalue weighted by Crippen LogP contribution is -2.38. The van der Waals surface area contributed by atoms with Crippen LogP contribution in [0.5, 0.6) is 0 Å². The van der Waals surface area contributed by atoms with Crippen LogP contribution in [0.25, 0.3) is 0 Å². The maximum absolute atomic E-state index is 5.65. The molecule has 1 rings (SSSR count). The first-order valence-electron chi connectivity index (χ1n) is 7.82. The summed E-state index contributed by atoms with van der Waals surface area (Å²) >= 11 is 0. The number of nitrogens with two attached hydrogens (primary N) is 1. The molecule has 2 unspecified atom stereocenters. The van der Waals surface area contributed by atoms with Crippen molar-refractivity contribution in [2.75, 3.05) is 13.1 Å². The normalized spacial score (nSPS) is 28.7. The van der Waals surface area contributed by atoms with E-state index in [0.29, 0.717) is 6.04 Å². The predicted molar refractivity (Wildman–Crippen MR) is 79.5 cm³/mol. The Bertz CT molecular complexity index is 206. The standard InChI is InChI=1S/C15H33N3/c1-12-6-4-7-15(9-8-12)13(2)17-10-5-11-18-14(3)16/h12-15,17-18H,4-11,16H2,1-3H3/t12-,13+,14?,15?/m1/s1. The summed E-state index contributed by atoms with van der Waals surface area (Å²) in [5.74, 6) is 1.83. The highest BCUT2D eigenvalue weighted by Crippen LogP contribution is 2.28. The van der Waals surface area contributed by atoms with Crippen LogP contribution in [0.2, 0.25) is 0 Å². The van der Waals surface area contributed by atoms with E-state index < -0.39 is 0 Å². The monoisotopic (exact) mass is 255 g/mol. The molecule has 0 spiro atoms. The Hall–Kier alpha value is -0.120. The molecule has 0 aromatic rings. The second-order valence-electron chi connectivity index (χ2n) is 6.21. The Kier molecular flexibility index (Phi) is 7.87. The minimum Gasteiger partial charge on any atom is -0.316 e. The van der Waals surface area contributed by atoms with Crippen molar-refractivity contribution in [1.29, 1.82) is 0 Å². The van der Waals surface area contributed by atoms with Crippen molar-refractivity contribution in [3.63, 3.8) is 0 Å². The van der Waals surface area contributed by atoms with Crippen LogP contribution in [-0.4, -0.2) is 25.3 Å². The third-order valence-electron chi connectivity index (χ3n) is 4.30. The van der Waals surface area contributed by atoms with Crippen LogP contribution in [-0.2, 0) is 0 Å². The molecule has 3 heteroatoms. The molecule has 3 nitrogen and oxygen atoms in total. The zero-order valence-corrected chi connectivity index (χ0v) is 12.5. The number of hydrogen-bond acceptors (Lipinski definition) is 3. The lowest BCUT2D eigenvalue weighted by atomic mass is 9.92. The Labute approximate surface area is 113 Å². The molecule has 1 aliphatic carbocycles.